The zero-order chi connectivity index (χ0) is 24.2. The van der Waals surface area contributed by atoms with Gasteiger partial charge in [-0.1, -0.05) is 35.3 Å². The number of hydrogen-bond acceptors (Lipinski definition) is 4. The number of carbonyl (C=O) groups is 2. The Bertz CT molecular complexity index is 1020. The number of nitrogens with one attached hydrogen (secondary N) is 1. The first-order valence-corrected chi connectivity index (χ1v) is 11.7. The van der Waals surface area contributed by atoms with Crippen LogP contribution >= 0.6 is 23.2 Å². The van der Waals surface area contributed by atoms with Crippen LogP contribution in [-0.4, -0.2) is 41.5 Å². The van der Waals surface area contributed by atoms with Crippen molar-refractivity contribution >= 4 is 35.0 Å². The highest BCUT2D eigenvalue weighted by atomic mass is 35.5. The summed E-state index contributed by atoms with van der Waals surface area (Å²) in [5.41, 5.74) is 1.36. The molecule has 6 nitrogen and oxygen atoms in total. The molecule has 2 amide bonds. The van der Waals surface area contributed by atoms with Crippen molar-refractivity contribution in [2.75, 3.05) is 13.2 Å². The molecule has 0 aliphatic carbocycles. The summed E-state index contributed by atoms with van der Waals surface area (Å²) in [6, 6.07) is 10.3. The lowest BCUT2D eigenvalue weighted by atomic mass is 10.1. The van der Waals surface area contributed by atoms with E-state index in [0.29, 0.717) is 41.2 Å². The monoisotopic (exact) mass is 492 g/mol. The van der Waals surface area contributed by atoms with Gasteiger partial charge in [-0.15, -0.1) is 0 Å². The summed E-state index contributed by atoms with van der Waals surface area (Å²) in [5, 5.41) is 3.81. The van der Waals surface area contributed by atoms with Crippen LogP contribution in [0.2, 0.25) is 10.0 Å². The largest absolute Gasteiger partial charge is 0.486 e. The van der Waals surface area contributed by atoms with Gasteiger partial charge in [0.2, 0.25) is 11.8 Å². The fraction of sp³-hybridized carbons (Fsp3) is 0.440. The van der Waals surface area contributed by atoms with E-state index in [1.165, 1.54) is 0 Å². The van der Waals surface area contributed by atoms with Crippen LogP contribution < -0.4 is 14.8 Å². The van der Waals surface area contributed by atoms with Crippen LogP contribution in [0.5, 0.6) is 11.5 Å². The molecule has 3 rings (SSSR count). The van der Waals surface area contributed by atoms with Crippen LogP contribution in [0.3, 0.4) is 0 Å². The molecule has 1 heterocycles. The fourth-order valence-electron chi connectivity index (χ4n) is 3.53. The first kappa shape index (κ1) is 25.2. The molecule has 1 aliphatic heterocycles. The second kappa shape index (κ2) is 10.7. The highest BCUT2D eigenvalue weighted by molar-refractivity contribution is 6.42. The van der Waals surface area contributed by atoms with Crippen LogP contribution in [0, 0.1) is 0 Å². The van der Waals surface area contributed by atoms with Gasteiger partial charge in [0.1, 0.15) is 19.3 Å². The van der Waals surface area contributed by atoms with E-state index < -0.39 is 11.6 Å². The lowest BCUT2D eigenvalue weighted by Crippen LogP contribution is -2.52. The maximum absolute atomic E-state index is 13.3. The molecule has 1 N–H and O–H groups in total. The Kier molecular flexibility index (Phi) is 8.14. The Labute approximate surface area is 205 Å². The number of halogens is 2. The Hall–Kier alpha value is -2.44. The van der Waals surface area contributed by atoms with Crippen molar-refractivity contribution in [1.29, 1.82) is 0 Å². The van der Waals surface area contributed by atoms with Gasteiger partial charge in [-0.3, -0.25) is 9.59 Å². The number of aryl methyl sites for hydroxylation is 1. The molecule has 0 fully saturated rings. The highest BCUT2D eigenvalue weighted by Gasteiger charge is 2.28. The van der Waals surface area contributed by atoms with Gasteiger partial charge >= 0.3 is 0 Å². The molecule has 0 saturated carbocycles. The smallest absolute Gasteiger partial charge is 0.242 e. The average molecular weight is 493 g/mol. The normalized spacial score (nSPS) is 13.9. The van der Waals surface area contributed by atoms with Gasteiger partial charge in [-0.05, 0) is 69.5 Å². The minimum atomic E-state index is -0.661. The number of rotatable bonds is 7. The van der Waals surface area contributed by atoms with Gasteiger partial charge in [0.05, 0.1) is 10.0 Å². The molecule has 8 heteroatoms. The molecule has 178 valence electrons. The second-order valence-corrected chi connectivity index (χ2v) is 9.98. The summed E-state index contributed by atoms with van der Waals surface area (Å²) in [6.45, 7) is 8.74. The van der Waals surface area contributed by atoms with E-state index >= 15 is 0 Å². The number of ether oxygens (including phenoxy) is 2. The van der Waals surface area contributed by atoms with E-state index in [9.17, 15) is 9.59 Å². The third-order valence-electron chi connectivity index (χ3n) is 5.24. The molecule has 0 radical (unpaired) electrons. The van der Waals surface area contributed by atoms with E-state index in [1.807, 2.05) is 45.0 Å². The molecule has 33 heavy (non-hydrogen) atoms. The molecule has 0 bridgehead atoms. The van der Waals surface area contributed by atoms with Crippen molar-refractivity contribution in [2.24, 2.45) is 0 Å². The van der Waals surface area contributed by atoms with Gasteiger partial charge in [-0.25, -0.2) is 0 Å². The predicted octanol–water partition coefficient (Wildman–Crippen LogP) is 5.03. The molecule has 0 unspecified atom stereocenters. The molecule has 0 saturated heterocycles. The average Bonchev–Trinajstić information content (AvgIpc) is 2.76. The van der Waals surface area contributed by atoms with Crippen molar-refractivity contribution in [1.82, 2.24) is 10.2 Å². The summed E-state index contributed by atoms with van der Waals surface area (Å²) in [4.78, 5) is 27.8. The summed E-state index contributed by atoms with van der Waals surface area (Å²) in [5.74, 6) is 1.06. The fourth-order valence-corrected chi connectivity index (χ4v) is 3.85. The number of carbonyl (C=O) groups excluding carboxylic acids is 2. The maximum Gasteiger partial charge on any atom is 0.242 e. The molecule has 1 atom stereocenters. The van der Waals surface area contributed by atoms with Gasteiger partial charge in [0.25, 0.3) is 0 Å². The van der Waals surface area contributed by atoms with Crippen molar-refractivity contribution in [2.45, 2.75) is 58.7 Å². The highest BCUT2D eigenvalue weighted by Crippen LogP contribution is 2.31. The third-order valence-corrected chi connectivity index (χ3v) is 5.98. The van der Waals surface area contributed by atoms with Crippen molar-refractivity contribution < 1.29 is 19.1 Å². The van der Waals surface area contributed by atoms with Gasteiger partial charge in [-0.2, -0.15) is 0 Å². The van der Waals surface area contributed by atoms with Gasteiger partial charge in [0.15, 0.2) is 11.5 Å². The predicted molar refractivity (Wildman–Crippen MR) is 130 cm³/mol. The number of hydrogen-bond donors (Lipinski definition) is 1. The molecule has 0 spiro atoms. The lowest BCUT2D eigenvalue weighted by molar-refractivity contribution is -0.141. The standard InChI is InChI=1S/C25H30Cl2N2O4/c1-16(24(31)28-25(2,3)4)29(15-18-5-8-19(26)20(27)13-18)23(30)10-7-17-6-9-21-22(14-17)33-12-11-32-21/h5-6,8-9,13-14,16H,7,10-12,15H2,1-4H3,(H,28,31)/t16-/m1/s1. The van der Waals surface area contributed by atoms with Crippen LogP contribution in [0.1, 0.15) is 45.2 Å². The summed E-state index contributed by atoms with van der Waals surface area (Å²) in [6.07, 6.45) is 0.759. The zero-order valence-corrected chi connectivity index (χ0v) is 20.9. The van der Waals surface area contributed by atoms with Crippen LogP contribution in [0.15, 0.2) is 36.4 Å². The van der Waals surface area contributed by atoms with E-state index in [0.717, 1.165) is 11.1 Å². The van der Waals surface area contributed by atoms with E-state index in [1.54, 1.807) is 24.0 Å². The molecule has 0 aromatic heterocycles. The first-order valence-electron chi connectivity index (χ1n) is 11.0. The van der Waals surface area contributed by atoms with Crippen LogP contribution in [0.25, 0.3) is 0 Å². The number of amides is 2. The summed E-state index contributed by atoms with van der Waals surface area (Å²) >= 11 is 12.2. The third kappa shape index (κ3) is 7.02. The molecular weight excluding hydrogens is 463 g/mol. The van der Waals surface area contributed by atoms with E-state index in [-0.39, 0.29) is 24.8 Å². The van der Waals surface area contributed by atoms with Gasteiger partial charge < -0.3 is 19.7 Å². The lowest BCUT2D eigenvalue weighted by Gasteiger charge is -2.31. The summed E-state index contributed by atoms with van der Waals surface area (Å²) in [7, 11) is 0. The maximum atomic E-state index is 13.3. The Morgan fingerprint density at radius 2 is 1.67 bits per heavy atom. The molecule has 2 aromatic rings. The van der Waals surface area contributed by atoms with E-state index in [4.69, 9.17) is 32.7 Å². The number of nitrogens with zero attached hydrogens (tertiary/aromatic N) is 1. The molecule has 2 aromatic carbocycles. The topological polar surface area (TPSA) is 67.9 Å². The second-order valence-electron chi connectivity index (χ2n) is 9.16. The first-order chi connectivity index (χ1) is 15.5. The molecular formula is C25H30Cl2N2O4. The van der Waals surface area contributed by atoms with Gasteiger partial charge in [0, 0.05) is 18.5 Å². The van der Waals surface area contributed by atoms with Crippen molar-refractivity contribution in [3.8, 4) is 11.5 Å². The zero-order valence-electron chi connectivity index (χ0n) is 19.4. The Morgan fingerprint density at radius 1 is 1.00 bits per heavy atom. The SMILES string of the molecule is C[C@H](C(=O)NC(C)(C)C)N(Cc1ccc(Cl)c(Cl)c1)C(=O)CCc1ccc2c(c1)OCCO2. The Morgan fingerprint density at radius 3 is 2.33 bits per heavy atom. The van der Waals surface area contributed by atoms with Crippen LogP contribution in [-0.2, 0) is 22.6 Å². The van der Waals surface area contributed by atoms with Crippen molar-refractivity contribution in [3.05, 3.63) is 57.6 Å². The minimum Gasteiger partial charge on any atom is -0.486 e. The van der Waals surface area contributed by atoms with E-state index in [2.05, 4.69) is 5.32 Å². The quantitative estimate of drug-likeness (QED) is 0.588. The summed E-state index contributed by atoms with van der Waals surface area (Å²) < 4.78 is 11.2. The molecule has 1 aliphatic rings. The Balaban J connectivity index is 1.75. The van der Waals surface area contributed by atoms with Crippen LogP contribution in [0.4, 0.5) is 0 Å². The minimum absolute atomic E-state index is 0.132. The number of fused-ring (bicyclic) bond motifs is 1. The van der Waals surface area contributed by atoms with Crippen molar-refractivity contribution in [3.63, 3.8) is 0 Å². The number of benzene rings is 2.